The van der Waals surface area contributed by atoms with E-state index in [-0.39, 0.29) is 35.8 Å². The molecule has 5 fully saturated rings. The molecule has 2 aromatic carbocycles. The molecule has 1 aromatic heterocycles. The van der Waals surface area contributed by atoms with Crippen LogP contribution in [0.3, 0.4) is 0 Å². The molecule has 10 rings (SSSR count). The zero-order valence-electron chi connectivity index (χ0n) is 31.8. The number of phenols is 1. The number of likely N-dealkylation sites (tertiary alicyclic amines) is 1. The van der Waals surface area contributed by atoms with Crippen LogP contribution in [0.25, 0.3) is 11.3 Å². The van der Waals surface area contributed by atoms with Gasteiger partial charge in [0.05, 0.1) is 34.2 Å². The van der Waals surface area contributed by atoms with Crippen molar-refractivity contribution in [1.29, 1.82) is 0 Å². The molecule has 294 valence electrons. The predicted molar refractivity (Wildman–Crippen MR) is 207 cm³/mol. The number of amides is 4. The van der Waals surface area contributed by atoms with Crippen molar-refractivity contribution in [3.05, 3.63) is 59.4 Å². The fraction of sp³-hybridized carbons (Fsp3) is 0.512. The molecule has 4 saturated heterocycles. The maximum atomic E-state index is 15.2. The number of phenolic OH excluding ortho intramolecular Hbond substituents is 1. The van der Waals surface area contributed by atoms with Crippen LogP contribution in [0, 0.1) is 23.6 Å². The van der Waals surface area contributed by atoms with Gasteiger partial charge in [0.2, 0.25) is 11.8 Å². The molecule has 1 aliphatic carbocycles. The largest absolute Gasteiger partial charge is 0.507 e. The van der Waals surface area contributed by atoms with Crippen LogP contribution >= 0.6 is 0 Å². The molecule has 3 aromatic rings. The van der Waals surface area contributed by atoms with E-state index < -0.39 is 35.5 Å². The van der Waals surface area contributed by atoms with E-state index in [0.717, 1.165) is 79.9 Å². The molecule has 3 N–H and O–H groups in total. The Morgan fingerprint density at radius 2 is 1.62 bits per heavy atom. The SMILES string of the molecule is CC1CC(CN2CC3CC3C2)CCN1c1cc2c(cc1F)C(=O)N(C1CCC(=O)NC1=O)C2=O.CN1CCN2c3cc(-c4ccccc4O)nnc3NCC2C1. The van der Waals surface area contributed by atoms with Gasteiger partial charge in [-0.1, -0.05) is 12.1 Å². The first-order valence-corrected chi connectivity index (χ1v) is 19.9. The van der Waals surface area contributed by atoms with Crippen LogP contribution in [0.5, 0.6) is 5.75 Å². The number of likely N-dealkylation sites (N-methyl/N-ethyl adjacent to an activating group) is 1. The third kappa shape index (κ3) is 6.74. The van der Waals surface area contributed by atoms with Crippen LogP contribution < -0.4 is 20.4 Å². The highest BCUT2D eigenvalue weighted by molar-refractivity contribution is 6.23. The number of piperidine rings is 3. The molecule has 14 nitrogen and oxygen atoms in total. The second-order valence-corrected chi connectivity index (χ2v) is 16.7. The fourth-order valence-electron chi connectivity index (χ4n) is 9.77. The van der Waals surface area contributed by atoms with Crippen molar-refractivity contribution in [3.8, 4) is 17.0 Å². The number of aromatic nitrogens is 2. The Labute approximate surface area is 325 Å². The van der Waals surface area contributed by atoms with E-state index in [1.54, 1.807) is 6.07 Å². The molecule has 56 heavy (non-hydrogen) atoms. The molecule has 7 aliphatic rings. The predicted octanol–water partition coefficient (Wildman–Crippen LogP) is 3.18. The van der Waals surface area contributed by atoms with E-state index in [4.69, 9.17) is 0 Å². The topological polar surface area (TPSA) is 155 Å². The number of benzene rings is 2. The maximum absolute atomic E-state index is 15.2. The summed E-state index contributed by atoms with van der Waals surface area (Å²) in [7, 11) is 2.16. The maximum Gasteiger partial charge on any atom is 0.262 e. The number of carbonyl (C=O) groups excluding carboxylic acids is 4. The number of aromatic hydroxyl groups is 1. The number of hydrogen-bond acceptors (Lipinski definition) is 12. The molecule has 1 saturated carbocycles. The molecule has 0 spiro atoms. The van der Waals surface area contributed by atoms with Gasteiger partial charge in [0.25, 0.3) is 11.8 Å². The summed E-state index contributed by atoms with van der Waals surface area (Å²) in [6.45, 7) is 10.3. The van der Waals surface area contributed by atoms with Crippen molar-refractivity contribution >= 4 is 40.8 Å². The van der Waals surface area contributed by atoms with Crippen molar-refractivity contribution in [2.45, 2.75) is 57.2 Å². The fourth-order valence-corrected chi connectivity index (χ4v) is 9.77. The van der Waals surface area contributed by atoms with Gasteiger partial charge in [-0.2, -0.15) is 0 Å². The first-order valence-electron chi connectivity index (χ1n) is 19.9. The Kier molecular flexibility index (Phi) is 9.39. The first-order chi connectivity index (χ1) is 27.0. The van der Waals surface area contributed by atoms with Crippen molar-refractivity contribution in [3.63, 3.8) is 0 Å². The monoisotopic (exact) mass is 765 g/mol. The van der Waals surface area contributed by atoms with Crippen LogP contribution in [0.2, 0.25) is 0 Å². The highest BCUT2D eigenvalue weighted by atomic mass is 19.1. The summed E-state index contributed by atoms with van der Waals surface area (Å²) < 4.78 is 15.2. The smallest absolute Gasteiger partial charge is 0.262 e. The average molecular weight is 766 g/mol. The number of fused-ring (bicyclic) bond motifs is 5. The molecule has 4 amide bonds. The van der Waals surface area contributed by atoms with Gasteiger partial charge in [-0.15, -0.1) is 10.2 Å². The zero-order valence-corrected chi connectivity index (χ0v) is 31.8. The van der Waals surface area contributed by atoms with Gasteiger partial charge in [0.15, 0.2) is 5.82 Å². The lowest BCUT2D eigenvalue weighted by atomic mass is 9.90. The number of nitrogens with zero attached hydrogens (tertiary/aromatic N) is 7. The molecule has 0 bridgehead atoms. The van der Waals surface area contributed by atoms with E-state index in [1.807, 2.05) is 29.2 Å². The quantitative estimate of drug-likeness (QED) is 0.327. The molecule has 7 heterocycles. The molecular formula is C41H48FN9O5. The number of anilines is 3. The number of rotatable bonds is 5. The first kappa shape index (κ1) is 36.5. The summed E-state index contributed by atoms with van der Waals surface area (Å²) in [6, 6.07) is 11.4. The van der Waals surface area contributed by atoms with Gasteiger partial charge >= 0.3 is 0 Å². The zero-order chi connectivity index (χ0) is 38.8. The van der Waals surface area contributed by atoms with Crippen LogP contribution in [0.4, 0.5) is 21.6 Å². The molecular weight excluding hydrogens is 718 g/mol. The molecule has 15 heteroatoms. The Morgan fingerprint density at radius 3 is 2.38 bits per heavy atom. The van der Waals surface area contributed by atoms with Gasteiger partial charge in [-0.25, -0.2) is 4.39 Å². The minimum Gasteiger partial charge on any atom is -0.507 e. The number of halogens is 1. The van der Waals surface area contributed by atoms with E-state index in [2.05, 4.69) is 49.5 Å². The van der Waals surface area contributed by atoms with Gasteiger partial charge in [-0.05, 0) is 87.7 Å². The van der Waals surface area contributed by atoms with Crippen LogP contribution in [-0.2, 0) is 9.59 Å². The molecule has 6 atom stereocenters. The van der Waals surface area contributed by atoms with E-state index >= 15 is 4.39 Å². The highest BCUT2D eigenvalue weighted by Crippen LogP contribution is 2.45. The van der Waals surface area contributed by atoms with Crippen LogP contribution in [0.15, 0.2) is 42.5 Å². The normalized spacial score (nSPS) is 28.4. The summed E-state index contributed by atoms with van der Waals surface area (Å²) >= 11 is 0. The summed E-state index contributed by atoms with van der Waals surface area (Å²) in [4.78, 5) is 60.0. The third-order valence-electron chi connectivity index (χ3n) is 12.8. The Morgan fingerprint density at radius 1 is 0.857 bits per heavy atom. The molecule has 0 radical (unpaired) electrons. The number of piperazine rings is 1. The number of imide groups is 2. The van der Waals surface area contributed by atoms with Gasteiger partial charge in [-0.3, -0.25) is 29.4 Å². The molecule has 6 aliphatic heterocycles. The number of hydrogen-bond donors (Lipinski definition) is 3. The second kappa shape index (κ2) is 14.4. The average Bonchev–Trinajstić information content (AvgIpc) is 3.72. The summed E-state index contributed by atoms with van der Waals surface area (Å²) in [6.07, 6.45) is 3.44. The minimum absolute atomic E-state index is 0.0221. The summed E-state index contributed by atoms with van der Waals surface area (Å²) in [5.74, 6) is 0.553. The lowest BCUT2D eigenvalue weighted by Gasteiger charge is -2.44. The Hall–Kier alpha value is -5.15. The van der Waals surface area contributed by atoms with Crippen molar-refractivity contribution < 1.29 is 28.7 Å². The van der Waals surface area contributed by atoms with Gasteiger partial charge in [0, 0.05) is 70.4 Å². The standard InChI is InChI=1S/C25H29FN4O4.C16H19N5O/c1-13-6-14(10-28-11-15-7-16(15)12-28)4-5-29(13)21-9-18-17(8-19(21)26)24(33)30(25(18)34)20-2-3-22(31)27-23(20)32;1-20-6-7-21-11(10-20)9-17-16-14(21)8-13(18-19-16)12-4-2-3-5-15(12)22/h8-9,13-16,20H,2-7,10-12H2,1H3,(H,27,31,32);2-5,8,11,22H,6-7,9-10H2,1H3,(H,17,19). The number of para-hydroxylation sites is 1. The van der Waals surface area contributed by atoms with Gasteiger partial charge in [0.1, 0.15) is 17.6 Å². The van der Waals surface area contributed by atoms with Crippen molar-refractivity contribution in [1.82, 2.24) is 30.2 Å². The van der Waals surface area contributed by atoms with E-state index in [9.17, 15) is 24.3 Å². The molecule has 6 unspecified atom stereocenters. The number of nitrogens with one attached hydrogen (secondary N) is 2. The van der Waals surface area contributed by atoms with E-state index in [1.165, 1.54) is 25.6 Å². The van der Waals surface area contributed by atoms with Crippen LogP contribution in [0.1, 0.15) is 59.7 Å². The highest BCUT2D eigenvalue weighted by Gasteiger charge is 2.47. The number of carbonyl (C=O) groups is 4. The minimum atomic E-state index is -1.05. The second-order valence-electron chi connectivity index (χ2n) is 16.7. The lowest BCUT2D eigenvalue weighted by Crippen LogP contribution is -2.56. The summed E-state index contributed by atoms with van der Waals surface area (Å²) in [5, 5.41) is 24.2. The van der Waals surface area contributed by atoms with Crippen molar-refractivity contribution in [2.24, 2.45) is 17.8 Å². The third-order valence-corrected chi connectivity index (χ3v) is 12.8. The van der Waals surface area contributed by atoms with Gasteiger partial charge < -0.3 is 30.0 Å². The van der Waals surface area contributed by atoms with Crippen LogP contribution in [-0.4, -0.2) is 131 Å². The summed E-state index contributed by atoms with van der Waals surface area (Å²) in [5.41, 5.74) is 2.94. The lowest BCUT2D eigenvalue weighted by molar-refractivity contribution is -0.136. The Bertz CT molecular complexity index is 2090. The van der Waals surface area contributed by atoms with E-state index in [0.29, 0.717) is 35.4 Å². The van der Waals surface area contributed by atoms with Crippen molar-refractivity contribution in [2.75, 3.05) is 74.5 Å². The Balaban J connectivity index is 0.000000161.